The number of hydrogen-bond donors (Lipinski definition) is 0. The van der Waals surface area contributed by atoms with Crippen LogP contribution >= 0.6 is 0 Å². The highest BCUT2D eigenvalue weighted by Crippen LogP contribution is 2.28. The summed E-state index contributed by atoms with van der Waals surface area (Å²) in [5.41, 5.74) is -0.162. The Morgan fingerprint density at radius 1 is 1.50 bits per heavy atom. The molecule has 0 spiro atoms. The summed E-state index contributed by atoms with van der Waals surface area (Å²) < 4.78 is 37.4. The number of methoxy groups -OCH3 is 1. The van der Waals surface area contributed by atoms with Gasteiger partial charge < -0.3 is 9.26 Å². The van der Waals surface area contributed by atoms with E-state index in [1.165, 1.54) is 19.2 Å². The summed E-state index contributed by atoms with van der Waals surface area (Å²) in [5.74, 6) is -0.357. The number of hydrogen-bond acceptors (Lipinski definition) is 4. The quantitative estimate of drug-likeness (QED) is 0.863. The maximum absolute atomic E-state index is 14.3. The molecule has 1 unspecified atom stereocenters. The van der Waals surface area contributed by atoms with E-state index in [1.54, 1.807) is 6.07 Å². The van der Waals surface area contributed by atoms with E-state index in [0.29, 0.717) is 37.3 Å². The smallest absolute Gasteiger partial charge is 0.170 e. The highest BCUT2D eigenvalue weighted by molar-refractivity contribution is 5.79. The number of ether oxygens (including phenoxy) is 1. The van der Waals surface area contributed by atoms with Crippen molar-refractivity contribution in [3.63, 3.8) is 0 Å². The fraction of sp³-hybridized carbons (Fsp3) is 0.500. The lowest BCUT2D eigenvalue weighted by molar-refractivity contribution is 0.0466. The van der Waals surface area contributed by atoms with Crippen LogP contribution in [0.2, 0.25) is 0 Å². The first-order valence-electron chi connectivity index (χ1n) is 6.54. The summed E-state index contributed by atoms with van der Waals surface area (Å²) in [7, 11) is 1.50. The zero-order chi connectivity index (χ0) is 14.2. The third kappa shape index (κ3) is 2.53. The van der Waals surface area contributed by atoms with Crippen LogP contribution in [0.15, 0.2) is 22.7 Å². The highest BCUT2D eigenvalue weighted by Gasteiger charge is 2.38. The zero-order valence-corrected chi connectivity index (χ0v) is 11.2. The van der Waals surface area contributed by atoms with Crippen molar-refractivity contribution in [1.29, 1.82) is 0 Å². The largest absolute Gasteiger partial charge is 0.381 e. The van der Waals surface area contributed by atoms with Crippen LogP contribution in [-0.2, 0) is 11.3 Å². The van der Waals surface area contributed by atoms with E-state index in [9.17, 15) is 8.78 Å². The number of nitrogens with zero attached hydrogens (tertiary/aromatic N) is 2. The molecule has 2 heterocycles. The molecule has 1 aromatic carbocycles. The summed E-state index contributed by atoms with van der Waals surface area (Å²) in [4.78, 5) is 1.97. The first-order valence-corrected chi connectivity index (χ1v) is 6.54. The molecule has 2 aromatic rings. The zero-order valence-electron chi connectivity index (χ0n) is 11.2. The Hall–Kier alpha value is -1.53. The van der Waals surface area contributed by atoms with Crippen LogP contribution in [0.5, 0.6) is 0 Å². The molecule has 3 rings (SSSR count). The van der Waals surface area contributed by atoms with Crippen molar-refractivity contribution < 1.29 is 18.0 Å². The molecule has 20 heavy (non-hydrogen) atoms. The third-order valence-corrected chi connectivity index (χ3v) is 3.67. The van der Waals surface area contributed by atoms with Crippen molar-refractivity contribution in [1.82, 2.24) is 10.1 Å². The van der Waals surface area contributed by atoms with Gasteiger partial charge in [0.2, 0.25) is 0 Å². The molecule has 0 bridgehead atoms. The predicted octanol–water partition coefficient (Wildman–Crippen LogP) is 2.53. The van der Waals surface area contributed by atoms with Gasteiger partial charge in [0.25, 0.3) is 0 Å². The molecule has 4 nitrogen and oxygen atoms in total. The summed E-state index contributed by atoms with van der Waals surface area (Å²) in [6, 6.07) is 4.32. The monoisotopic (exact) mass is 282 g/mol. The van der Waals surface area contributed by atoms with Gasteiger partial charge in [-0.2, -0.15) is 0 Å². The second-order valence-electron chi connectivity index (χ2n) is 5.31. The molecule has 0 saturated carbocycles. The van der Waals surface area contributed by atoms with Gasteiger partial charge in [-0.25, -0.2) is 8.78 Å². The normalized spacial score (nSPS) is 23.8. The second-order valence-corrected chi connectivity index (χ2v) is 5.31. The van der Waals surface area contributed by atoms with Gasteiger partial charge >= 0.3 is 0 Å². The second kappa shape index (κ2) is 5.10. The molecule has 0 amide bonds. The molecule has 0 aliphatic carbocycles. The van der Waals surface area contributed by atoms with Crippen LogP contribution < -0.4 is 0 Å². The van der Waals surface area contributed by atoms with Crippen molar-refractivity contribution in [3.8, 4) is 0 Å². The first-order chi connectivity index (χ1) is 9.59. The molecule has 0 N–H and O–H groups in total. The minimum atomic E-state index is -1.29. The van der Waals surface area contributed by atoms with Crippen LogP contribution in [0, 0.1) is 5.82 Å². The third-order valence-electron chi connectivity index (χ3n) is 3.67. The number of benzene rings is 1. The van der Waals surface area contributed by atoms with Crippen LogP contribution in [0.4, 0.5) is 8.78 Å². The molecule has 1 fully saturated rings. The van der Waals surface area contributed by atoms with E-state index in [-0.39, 0.29) is 12.4 Å². The number of alkyl halides is 1. The molecule has 0 radical (unpaired) electrons. The minimum absolute atomic E-state index is 0.105. The maximum Gasteiger partial charge on any atom is 0.170 e. The van der Waals surface area contributed by atoms with Crippen molar-refractivity contribution in [2.45, 2.75) is 18.6 Å². The predicted molar refractivity (Wildman–Crippen MR) is 69.6 cm³/mol. The molecule has 1 aliphatic rings. The van der Waals surface area contributed by atoms with E-state index in [0.717, 1.165) is 5.39 Å². The minimum Gasteiger partial charge on any atom is -0.381 e. The summed E-state index contributed by atoms with van der Waals surface area (Å²) in [6.45, 7) is 1.56. The SMILES string of the molecule is COCC1(F)CCN(Cc2noc3cc(F)ccc23)C1. The lowest BCUT2D eigenvalue weighted by Gasteiger charge is -2.19. The van der Waals surface area contributed by atoms with E-state index in [2.05, 4.69) is 5.16 Å². The summed E-state index contributed by atoms with van der Waals surface area (Å²) in [6.07, 6.45) is 0.450. The van der Waals surface area contributed by atoms with Crippen LogP contribution in [-0.4, -0.2) is 42.5 Å². The van der Waals surface area contributed by atoms with Crippen molar-refractivity contribution in [3.05, 3.63) is 29.7 Å². The van der Waals surface area contributed by atoms with E-state index < -0.39 is 5.67 Å². The summed E-state index contributed by atoms with van der Waals surface area (Å²) >= 11 is 0. The van der Waals surface area contributed by atoms with Gasteiger partial charge in [0.05, 0.1) is 6.61 Å². The Morgan fingerprint density at radius 3 is 3.15 bits per heavy atom. The van der Waals surface area contributed by atoms with Gasteiger partial charge in [-0.3, -0.25) is 4.90 Å². The van der Waals surface area contributed by atoms with Gasteiger partial charge in [-0.1, -0.05) is 5.16 Å². The highest BCUT2D eigenvalue weighted by atomic mass is 19.1. The lowest BCUT2D eigenvalue weighted by Crippen LogP contribution is -2.33. The Balaban J connectivity index is 1.74. The van der Waals surface area contributed by atoms with Gasteiger partial charge in [0.15, 0.2) is 5.58 Å². The fourth-order valence-electron chi connectivity index (χ4n) is 2.72. The average molecular weight is 282 g/mol. The topological polar surface area (TPSA) is 38.5 Å². The lowest BCUT2D eigenvalue weighted by atomic mass is 10.1. The molecule has 1 aliphatic heterocycles. The van der Waals surface area contributed by atoms with Crippen molar-refractivity contribution in [2.75, 3.05) is 26.8 Å². The standard InChI is InChI=1S/C14H16F2N2O2/c1-19-9-14(16)4-5-18(8-14)7-12-11-3-2-10(15)6-13(11)20-17-12/h2-3,6H,4-5,7-9H2,1H3. The average Bonchev–Trinajstić information content (AvgIpc) is 2.95. The number of likely N-dealkylation sites (tertiary alicyclic amines) is 1. The Kier molecular flexibility index (Phi) is 3.43. The number of halogens is 2. The van der Waals surface area contributed by atoms with E-state index in [1.807, 2.05) is 4.90 Å². The molecule has 1 saturated heterocycles. The fourth-order valence-corrected chi connectivity index (χ4v) is 2.72. The molecular weight excluding hydrogens is 266 g/mol. The van der Waals surface area contributed by atoms with Crippen LogP contribution in [0.25, 0.3) is 11.0 Å². The Bertz CT molecular complexity index is 616. The van der Waals surface area contributed by atoms with E-state index >= 15 is 0 Å². The van der Waals surface area contributed by atoms with Gasteiger partial charge in [-0.05, 0) is 18.6 Å². The van der Waals surface area contributed by atoms with Crippen LogP contribution in [0.1, 0.15) is 12.1 Å². The first kappa shape index (κ1) is 13.5. The van der Waals surface area contributed by atoms with E-state index in [4.69, 9.17) is 9.26 Å². The van der Waals surface area contributed by atoms with Crippen LogP contribution in [0.3, 0.4) is 0 Å². The van der Waals surface area contributed by atoms with Crippen molar-refractivity contribution in [2.24, 2.45) is 0 Å². The Labute approximate surface area is 115 Å². The number of aromatic nitrogens is 1. The molecule has 1 aromatic heterocycles. The van der Waals surface area contributed by atoms with Crippen molar-refractivity contribution >= 4 is 11.0 Å². The molecular formula is C14H16F2N2O2. The summed E-state index contributed by atoms with van der Waals surface area (Å²) in [5, 5.41) is 4.73. The number of fused-ring (bicyclic) bond motifs is 1. The Morgan fingerprint density at radius 2 is 2.35 bits per heavy atom. The van der Waals surface area contributed by atoms with Gasteiger partial charge in [-0.15, -0.1) is 0 Å². The van der Waals surface area contributed by atoms with Gasteiger partial charge in [0, 0.05) is 38.2 Å². The van der Waals surface area contributed by atoms with Gasteiger partial charge in [0.1, 0.15) is 17.2 Å². The number of rotatable bonds is 4. The molecule has 6 heteroatoms. The molecule has 108 valence electrons. The molecule has 1 atom stereocenters. The maximum atomic E-state index is 14.3.